The molecule has 0 bridgehead atoms. The molecule has 6 heteroatoms. The van der Waals surface area contributed by atoms with E-state index in [1.165, 1.54) is 12.1 Å². The van der Waals surface area contributed by atoms with Crippen LogP contribution in [0.15, 0.2) is 24.3 Å². The van der Waals surface area contributed by atoms with Gasteiger partial charge in [-0.1, -0.05) is 12.1 Å². The summed E-state index contributed by atoms with van der Waals surface area (Å²) in [6, 6.07) is 5.46. The predicted molar refractivity (Wildman–Crippen MR) is 64.7 cm³/mol. The summed E-state index contributed by atoms with van der Waals surface area (Å²) >= 11 is 0. The molecule has 0 unspecified atom stereocenters. The highest BCUT2D eigenvalue weighted by Gasteiger charge is 2.32. The van der Waals surface area contributed by atoms with Gasteiger partial charge in [0.1, 0.15) is 0 Å². The lowest BCUT2D eigenvalue weighted by atomic mass is 10.1. The molecular formula is C12H17F3N2O. The van der Waals surface area contributed by atoms with Gasteiger partial charge in [0.2, 0.25) is 0 Å². The normalized spacial score (nSPS) is 11.6. The van der Waals surface area contributed by atoms with Gasteiger partial charge < -0.3 is 15.4 Å². The summed E-state index contributed by atoms with van der Waals surface area (Å²) in [7, 11) is 1.60. The molecule has 1 rings (SSSR count). The molecule has 0 radical (unpaired) electrons. The minimum absolute atomic E-state index is 0.110. The van der Waals surface area contributed by atoms with E-state index in [1.54, 1.807) is 13.2 Å². The first-order valence-corrected chi connectivity index (χ1v) is 5.65. The first-order chi connectivity index (χ1) is 8.55. The summed E-state index contributed by atoms with van der Waals surface area (Å²) in [5.41, 5.74) is -0.527. The van der Waals surface area contributed by atoms with Crippen LogP contribution in [-0.2, 0) is 10.9 Å². The van der Waals surface area contributed by atoms with Crippen LogP contribution in [0, 0.1) is 0 Å². The van der Waals surface area contributed by atoms with E-state index in [9.17, 15) is 13.2 Å². The summed E-state index contributed by atoms with van der Waals surface area (Å²) in [6.07, 6.45) is -4.33. The molecule has 0 aliphatic heterocycles. The van der Waals surface area contributed by atoms with Crippen molar-refractivity contribution < 1.29 is 17.9 Å². The van der Waals surface area contributed by atoms with Crippen molar-refractivity contribution in [3.63, 3.8) is 0 Å². The topological polar surface area (TPSA) is 33.3 Å². The average molecular weight is 262 g/mol. The zero-order valence-corrected chi connectivity index (χ0v) is 10.2. The Hall–Kier alpha value is -1.27. The van der Waals surface area contributed by atoms with Gasteiger partial charge in [0.25, 0.3) is 0 Å². The SMILES string of the molecule is COCCNCCNc1ccccc1C(F)(F)F. The molecule has 0 atom stereocenters. The van der Waals surface area contributed by atoms with Crippen molar-refractivity contribution in [1.82, 2.24) is 5.32 Å². The molecule has 1 aromatic rings. The van der Waals surface area contributed by atoms with Crippen LogP contribution in [0.3, 0.4) is 0 Å². The first kappa shape index (κ1) is 14.8. The van der Waals surface area contributed by atoms with Gasteiger partial charge in [-0.2, -0.15) is 13.2 Å². The van der Waals surface area contributed by atoms with Gasteiger partial charge in [0, 0.05) is 32.4 Å². The minimum Gasteiger partial charge on any atom is -0.383 e. The Morgan fingerprint density at radius 3 is 2.50 bits per heavy atom. The van der Waals surface area contributed by atoms with Crippen molar-refractivity contribution >= 4 is 5.69 Å². The van der Waals surface area contributed by atoms with Crippen LogP contribution in [0.4, 0.5) is 18.9 Å². The number of methoxy groups -OCH3 is 1. The van der Waals surface area contributed by atoms with E-state index in [0.717, 1.165) is 6.07 Å². The molecule has 18 heavy (non-hydrogen) atoms. The number of alkyl halides is 3. The lowest BCUT2D eigenvalue weighted by molar-refractivity contribution is -0.136. The molecular weight excluding hydrogens is 245 g/mol. The third-order valence-corrected chi connectivity index (χ3v) is 2.33. The van der Waals surface area contributed by atoms with E-state index in [2.05, 4.69) is 10.6 Å². The third kappa shape index (κ3) is 4.93. The molecule has 0 aromatic heterocycles. The molecule has 0 spiro atoms. The third-order valence-electron chi connectivity index (χ3n) is 2.33. The molecule has 0 saturated carbocycles. The quantitative estimate of drug-likeness (QED) is 0.740. The van der Waals surface area contributed by atoms with Gasteiger partial charge in [-0.15, -0.1) is 0 Å². The number of hydrogen-bond donors (Lipinski definition) is 2. The Labute approximate surface area is 104 Å². The van der Waals surface area contributed by atoms with E-state index in [0.29, 0.717) is 26.2 Å². The number of anilines is 1. The van der Waals surface area contributed by atoms with Crippen molar-refractivity contribution in [3.05, 3.63) is 29.8 Å². The highest BCUT2D eigenvalue weighted by molar-refractivity contribution is 5.52. The number of hydrogen-bond acceptors (Lipinski definition) is 3. The summed E-state index contributed by atoms with van der Waals surface area (Å²) in [5.74, 6) is 0. The Bertz CT molecular complexity index is 355. The number of ether oxygens (including phenoxy) is 1. The van der Waals surface area contributed by atoms with E-state index in [4.69, 9.17) is 4.74 Å². The van der Waals surface area contributed by atoms with Crippen molar-refractivity contribution in [1.29, 1.82) is 0 Å². The molecule has 102 valence electrons. The van der Waals surface area contributed by atoms with Crippen LogP contribution in [-0.4, -0.2) is 33.4 Å². The highest BCUT2D eigenvalue weighted by atomic mass is 19.4. The summed E-state index contributed by atoms with van der Waals surface area (Å²) < 4.78 is 42.8. The van der Waals surface area contributed by atoms with Crippen molar-refractivity contribution in [2.45, 2.75) is 6.18 Å². The van der Waals surface area contributed by atoms with Crippen molar-refractivity contribution in [2.75, 3.05) is 38.7 Å². The van der Waals surface area contributed by atoms with E-state index in [1.807, 2.05) is 0 Å². The van der Waals surface area contributed by atoms with E-state index < -0.39 is 11.7 Å². The van der Waals surface area contributed by atoms with E-state index in [-0.39, 0.29) is 5.69 Å². The Balaban J connectivity index is 2.43. The summed E-state index contributed by atoms with van der Waals surface area (Å²) in [6.45, 7) is 2.27. The van der Waals surface area contributed by atoms with Crippen molar-refractivity contribution in [3.8, 4) is 0 Å². The number of halogens is 3. The molecule has 0 saturated heterocycles. The average Bonchev–Trinajstić information content (AvgIpc) is 2.33. The lowest BCUT2D eigenvalue weighted by Gasteiger charge is -2.14. The zero-order valence-electron chi connectivity index (χ0n) is 10.2. The number of benzene rings is 1. The maximum Gasteiger partial charge on any atom is 0.418 e. The second-order valence-electron chi connectivity index (χ2n) is 3.71. The summed E-state index contributed by atoms with van der Waals surface area (Å²) in [5, 5.41) is 5.82. The van der Waals surface area contributed by atoms with Gasteiger partial charge in [0.15, 0.2) is 0 Å². The Morgan fingerprint density at radius 2 is 1.83 bits per heavy atom. The van der Waals surface area contributed by atoms with Gasteiger partial charge in [-0.05, 0) is 12.1 Å². The molecule has 0 aliphatic carbocycles. The number of para-hydroxylation sites is 1. The Morgan fingerprint density at radius 1 is 1.11 bits per heavy atom. The van der Waals surface area contributed by atoms with Crippen LogP contribution in [0.1, 0.15) is 5.56 Å². The Kier molecular flexibility index (Phi) is 5.94. The molecule has 2 N–H and O–H groups in total. The van der Waals surface area contributed by atoms with E-state index >= 15 is 0 Å². The maximum absolute atomic E-state index is 12.7. The molecule has 3 nitrogen and oxygen atoms in total. The van der Waals surface area contributed by atoms with Crippen molar-refractivity contribution in [2.24, 2.45) is 0 Å². The van der Waals surface area contributed by atoms with Gasteiger partial charge >= 0.3 is 6.18 Å². The fourth-order valence-electron chi connectivity index (χ4n) is 1.47. The fraction of sp³-hybridized carbons (Fsp3) is 0.500. The van der Waals surface area contributed by atoms with Crippen LogP contribution >= 0.6 is 0 Å². The van der Waals surface area contributed by atoms with Gasteiger partial charge in [-0.25, -0.2) is 0 Å². The second kappa shape index (κ2) is 7.23. The standard InChI is InChI=1S/C12H17F3N2O/c1-18-9-8-16-6-7-17-11-5-3-2-4-10(11)12(13,14)15/h2-5,16-17H,6-9H2,1H3. The largest absolute Gasteiger partial charge is 0.418 e. The van der Waals surface area contributed by atoms with Crippen LogP contribution in [0.25, 0.3) is 0 Å². The smallest absolute Gasteiger partial charge is 0.383 e. The zero-order chi connectivity index (χ0) is 13.4. The molecule has 1 aromatic carbocycles. The number of nitrogens with one attached hydrogen (secondary N) is 2. The second-order valence-corrected chi connectivity index (χ2v) is 3.71. The summed E-state index contributed by atoms with van der Waals surface area (Å²) in [4.78, 5) is 0. The van der Waals surface area contributed by atoms with Gasteiger partial charge in [-0.3, -0.25) is 0 Å². The van der Waals surface area contributed by atoms with Crippen LogP contribution in [0.5, 0.6) is 0 Å². The highest BCUT2D eigenvalue weighted by Crippen LogP contribution is 2.34. The van der Waals surface area contributed by atoms with Crippen LogP contribution < -0.4 is 10.6 Å². The molecule has 0 heterocycles. The fourth-order valence-corrected chi connectivity index (χ4v) is 1.47. The monoisotopic (exact) mass is 262 g/mol. The minimum atomic E-state index is -4.33. The van der Waals surface area contributed by atoms with Gasteiger partial charge in [0.05, 0.1) is 12.2 Å². The maximum atomic E-state index is 12.7. The predicted octanol–water partition coefficient (Wildman–Crippen LogP) is 2.35. The lowest BCUT2D eigenvalue weighted by Crippen LogP contribution is -2.26. The first-order valence-electron chi connectivity index (χ1n) is 5.65. The number of rotatable bonds is 7. The van der Waals surface area contributed by atoms with Crippen LogP contribution in [0.2, 0.25) is 0 Å². The molecule has 0 fully saturated rings. The molecule has 0 amide bonds. The molecule has 0 aliphatic rings.